The molecule has 0 fully saturated rings. The van der Waals surface area contributed by atoms with Crippen molar-refractivity contribution in [1.29, 1.82) is 0 Å². The van der Waals surface area contributed by atoms with Crippen LogP contribution >= 0.6 is 0 Å². The third-order valence-electron chi connectivity index (χ3n) is 2.22. The molecular weight excluding hydrogens is 224 g/mol. The predicted octanol–water partition coefficient (Wildman–Crippen LogP) is -1.03. The van der Waals surface area contributed by atoms with Crippen LogP contribution in [0.5, 0.6) is 0 Å². The quantitative estimate of drug-likeness (QED) is 0.219. The minimum Gasteiger partial charge on any atom is -0.409 e. The molecule has 17 heavy (non-hydrogen) atoms. The van der Waals surface area contributed by atoms with Crippen LogP contribution < -0.4 is 10.6 Å². The van der Waals surface area contributed by atoms with Gasteiger partial charge in [0.2, 0.25) is 0 Å². The molecule has 0 aliphatic rings. The van der Waals surface area contributed by atoms with Gasteiger partial charge in [0.05, 0.1) is 18.9 Å². The Balaban J connectivity index is 3.08. The fraction of sp³-hybridized carbons (Fsp3) is 0.400. The maximum atomic E-state index is 8.96. The van der Waals surface area contributed by atoms with Gasteiger partial charge in [-0.1, -0.05) is 5.16 Å². The van der Waals surface area contributed by atoms with Crippen LogP contribution in [-0.4, -0.2) is 52.5 Å². The molecule has 1 aromatic rings. The van der Waals surface area contributed by atoms with Gasteiger partial charge >= 0.3 is 0 Å². The number of aliphatic hydroxyl groups is 2. The van der Waals surface area contributed by atoms with Gasteiger partial charge < -0.3 is 26.1 Å². The van der Waals surface area contributed by atoms with Gasteiger partial charge in [-0.2, -0.15) is 0 Å². The van der Waals surface area contributed by atoms with E-state index in [1.807, 2.05) is 0 Å². The zero-order chi connectivity index (χ0) is 12.7. The molecule has 0 saturated carbocycles. The minimum atomic E-state index is -0.110. The largest absolute Gasteiger partial charge is 0.409 e. The number of rotatable bonds is 6. The normalized spacial score (nSPS) is 11.5. The predicted molar refractivity (Wildman–Crippen MR) is 63.1 cm³/mol. The summed E-state index contributed by atoms with van der Waals surface area (Å²) in [5, 5.41) is 29.5. The lowest BCUT2D eigenvalue weighted by Gasteiger charge is -2.24. The van der Waals surface area contributed by atoms with E-state index in [2.05, 4.69) is 10.1 Å². The van der Waals surface area contributed by atoms with Crippen LogP contribution in [0.3, 0.4) is 0 Å². The van der Waals surface area contributed by atoms with Gasteiger partial charge in [0.25, 0.3) is 0 Å². The van der Waals surface area contributed by atoms with E-state index in [9.17, 15) is 0 Å². The molecule has 0 aromatic carbocycles. The lowest BCUT2D eigenvalue weighted by molar-refractivity contribution is 0.281. The third kappa shape index (κ3) is 3.30. The molecule has 7 nitrogen and oxygen atoms in total. The maximum Gasteiger partial charge on any atom is 0.190 e. The highest BCUT2D eigenvalue weighted by atomic mass is 16.4. The van der Waals surface area contributed by atoms with Gasteiger partial charge in [-0.25, -0.2) is 0 Å². The third-order valence-corrected chi connectivity index (χ3v) is 2.22. The molecule has 1 heterocycles. The van der Waals surface area contributed by atoms with Crippen molar-refractivity contribution in [3.05, 3.63) is 24.0 Å². The van der Waals surface area contributed by atoms with E-state index in [4.69, 9.17) is 21.2 Å². The summed E-state index contributed by atoms with van der Waals surface area (Å²) in [6, 6.07) is 3.43. The summed E-state index contributed by atoms with van der Waals surface area (Å²) >= 11 is 0. The van der Waals surface area contributed by atoms with E-state index in [1.165, 1.54) is 6.20 Å². The Labute approximate surface area is 98.8 Å². The number of nitrogens with zero attached hydrogens (tertiary/aromatic N) is 3. The molecule has 0 aliphatic carbocycles. The Morgan fingerprint density at radius 3 is 2.53 bits per heavy atom. The molecule has 0 saturated heterocycles. The Morgan fingerprint density at radius 2 is 2.00 bits per heavy atom. The molecule has 0 spiro atoms. The number of amidine groups is 1. The summed E-state index contributed by atoms with van der Waals surface area (Å²) < 4.78 is 0. The summed E-state index contributed by atoms with van der Waals surface area (Å²) in [5.74, 6) is -0.110. The number of pyridine rings is 1. The van der Waals surface area contributed by atoms with E-state index in [1.54, 1.807) is 17.0 Å². The lowest BCUT2D eigenvalue weighted by atomic mass is 10.2. The van der Waals surface area contributed by atoms with Crippen molar-refractivity contribution in [3.8, 4) is 0 Å². The van der Waals surface area contributed by atoms with Crippen molar-refractivity contribution < 1.29 is 15.4 Å². The van der Waals surface area contributed by atoms with E-state index >= 15 is 0 Å². The van der Waals surface area contributed by atoms with Crippen molar-refractivity contribution >= 4 is 11.5 Å². The summed E-state index contributed by atoms with van der Waals surface area (Å²) in [4.78, 5) is 5.72. The van der Waals surface area contributed by atoms with Crippen molar-refractivity contribution in [2.45, 2.75) is 0 Å². The van der Waals surface area contributed by atoms with Crippen molar-refractivity contribution in [2.75, 3.05) is 31.2 Å². The number of aromatic nitrogens is 1. The topological polar surface area (TPSA) is 115 Å². The van der Waals surface area contributed by atoms with Crippen LogP contribution in [0.15, 0.2) is 23.5 Å². The van der Waals surface area contributed by atoms with E-state index < -0.39 is 0 Å². The maximum absolute atomic E-state index is 8.96. The Hall–Kier alpha value is -1.86. The monoisotopic (exact) mass is 240 g/mol. The molecule has 94 valence electrons. The smallest absolute Gasteiger partial charge is 0.190 e. The molecular formula is C10H16N4O3. The van der Waals surface area contributed by atoms with Gasteiger partial charge in [-0.05, 0) is 12.1 Å². The first-order valence-corrected chi connectivity index (χ1v) is 5.14. The second-order valence-corrected chi connectivity index (χ2v) is 3.29. The van der Waals surface area contributed by atoms with Crippen molar-refractivity contribution in [3.63, 3.8) is 0 Å². The molecule has 0 radical (unpaired) electrons. The van der Waals surface area contributed by atoms with Crippen LogP contribution in [0.2, 0.25) is 0 Å². The van der Waals surface area contributed by atoms with E-state index in [0.29, 0.717) is 24.5 Å². The first-order valence-electron chi connectivity index (χ1n) is 5.14. The Bertz CT molecular complexity index is 378. The first kappa shape index (κ1) is 13.2. The molecule has 0 amide bonds. The van der Waals surface area contributed by atoms with E-state index in [-0.39, 0.29) is 19.0 Å². The molecule has 7 heteroatoms. The average molecular weight is 240 g/mol. The molecule has 1 rings (SSSR count). The second kappa shape index (κ2) is 6.66. The summed E-state index contributed by atoms with van der Waals surface area (Å²) in [6.07, 6.45) is 1.52. The van der Waals surface area contributed by atoms with Crippen LogP contribution in [0.25, 0.3) is 0 Å². The molecule has 5 N–H and O–H groups in total. The highest BCUT2D eigenvalue weighted by Gasteiger charge is 2.14. The van der Waals surface area contributed by atoms with Gasteiger partial charge in [-0.15, -0.1) is 0 Å². The zero-order valence-corrected chi connectivity index (χ0v) is 9.32. The molecule has 0 unspecified atom stereocenters. The summed E-state index contributed by atoms with van der Waals surface area (Å²) in [7, 11) is 0. The summed E-state index contributed by atoms with van der Waals surface area (Å²) in [6.45, 7) is 0.533. The summed E-state index contributed by atoms with van der Waals surface area (Å²) in [5.41, 5.74) is 6.43. The number of hydrogen-bond acceptors (Lipinski definition) is 6. The van der Waals surface area contributed by atoms with Gasteiger partial charge in [0.1, 0.15) is 5.69 Å². The lowest BCUT2D eigenvalue weighted by Crippen LogP contribution is -2.32. The van der Waals surface area contributed by atoms with Crippen molar-refractivity contribution in [2.24, 2.45) is 10.9 Å². The zero-order valence-electron chi connectivity index (χ0n) is 9.32. The van der Waals surface area contributed by atoms with Gasteiger partial charge in [0.15, 0.2) is 5.84 Å². The highest BCUT2D eigenvalue weighted by molar-refractivity contribution is 6.00. The fourth-order valence-corrected chi connectivity index (χ4v) is 1.49. The number of aliphatic hydroxyl groups excluding tert-OH is 2. The van der Waals surface area contributed by atoms with Gasteiger partial charge in [0, 0.05) is 19.3 Å². The standard InChI is InChI=1S/C10H16N4O3/c11-10(13-17)9-8(2-1-3-12-9)14(4-6-15)5-7-16/h1-3,15-17H,4-7H2,(H2,11,13). The Kier molecular flexibility index (Phi) is 5.18. The number of nitrogens with two attached hydrogens (primary N) is 1. The van der Waals surface area contributed by atoms with Crippen molar-refractivity contribution in [1.82, 2.24) is 4.98 Å². The molecule has 0 aliphatic heterocycles. The van der Waals surface area contributed by atoms with E-state index in [0.717, 1.165) is 0 Å². The SMILES string of the molecule is N/C(=N/O)c1ncccc1N(CCO)CCO. The molecule has 0 atom stereocenters. The number of oxime groups is 1. The van der Waals surface area contributed by atoms with Crippen LogP contribution in [0.4, 0.5) is 5.69 Å². The van der Waals surface area contributed by atoms with Crippen LogP contribution in [0, 0.1) is 0 Å². The first-order chi connectivity index (χ1) is 8.24. The second-order valence-electron chi connectivity index (χ2n) is 3.29. The van der Waals surface area contributed by atoms with Crippen LogP contribution in [-0.2, 0) is 0 Å². The fourth-order valence-electron chi connectivity index (χ4n) is 1.49. The van der Waals surface area contributed by atoms with Crippen LogP contribution in [0.1, 0.15) is 5.69 Å². The Morgan fingerprint density at radius 1 is 1.35 bits per heavy atom. The van der Waals surface area contributed by atoms with Gasteiger partial charge in [-0.3, -0.25) is 4.98 Å². The number of hydrogen-bond donors (Lipinski definition) is 4. The minimum absolute atomic E-state index is 0.0650. The highest BCUT2D eigenvalue weighted by Crippen LogP contribution is 2.17. The average Bonchev–Trinajstić information content (AvgIpc) is 2.37. The number of anilines is 1. The molecule has 1 aromatic heterocycles. The molecule has 0 bridgehead atoms.